The Bertz CT molecular complexity index is 1030. The van der Waals surface area contributed by atoms with Gasteiger partial charge in [0, 0.05) is 12.5 Å². The number of furan rings is 1. The van der Waals surface area contributed by atoms with E-state index >= 15 is 0 Å². The van der Waals surface area contributed by atoms with Crippen LogP contribution in [0.2, 0.25) is 0 Å². The van der Waals surface area contributed by atoms with Crippen molar-refractivity contribution in [2.75, 3.05) is 0 Å². The smallest absolute Gasteiger partial charge is 0.326 e. The van der Waals surface area contributed by atoms with E-state index in [1.54, 1.807) is 30.3 Å². The van der Waals surface area contributed by atoms with E-state index in [9.17, 15) is 23.9 Å². The second-order valence-corrected chi connectivity index (χ2v) is 7.70. The fourth-order valence-corrected chi connectivity index (χ4v) is 4.07. The Morgan fingerprint density at radius 2 is 1.97 bits per heavy atom. The molecule has 1 saturated heterocycles. The van der Waals surface area contributed by atoms with E-state index < -0.39 is 36.1 Å². The lowest BCUT2D eigenvalue weighted by Crippen LogP contribution is -2.44. The predicted molar refractivity (Wildman–Crippen MR) is 107 cm³/mol. The molecule has 7 nitrogen and oxygen atoms in total. The molecule has 1 unspecified atom stereocenters. The van der Waals surface area contributed by atoms with Crippen molar-refractivity contribution in [1.29, 1.82) is 0 Å². The Morgan fingerprint density at radius 3 is 2.62 bits per heavy atom. The molecule has 1 aromatic carbocycles. The van der Waals surface area contributed by atoms with Crippen LogP contribution in [0.4, 0.5) is 4.39 Å². The lowest BCUT2D eigenvalue weighted by Gasteiger charge is -2.22. The third-order valence-corrected chi connectivity index (χ3v) is 5.42. The highest BCUT2D eigenvalue weighted by Gasteiger charge is 2.40. The number of carbonyl (C=O) groups is 3. The molecule has 3 rings (SSSR count). The van der Waals surface area contributed by atoms with Crippen LogP contribution in [0, 0.1) is 5.82 Å². The van der Waals surface area contributed by atoms with Crippen molar-refractivity contribution in [1.82, 2.24) is 4.90 Å². The van der Waals surface area contributed by atoms with E-state index in [0.717, 1.165) is 16.7 Å². The largest absolute Gasteiger partial charge is 0.481 e. The molecule has 1 atom stereocenters. The molecule has 10 heteroatoms. The topological polar surface area (TPSA) is 108 Å². The summed E-state index contributed by atoms with van der Waals surface area (Å²) in [5.41, 5.74) is 0.263. The van der Waals surface area contributed by atoms with Gasteiger partial charge < -0.3 is 14.6 Å². The summed E-state index contributed by atoms with van der Waals surface area (Å²) < 4.78 is 19.5. The van der Waals surface area contributed by atoms with Crippen LogP contribution in [0.1, 0.15) is 18.6 Å². The highest BCUT2D eigenvalue weighted by molar-refractivity contribution is 8.26. The van der Waals surface area contributed by atoms with Gasteiger partial charge in [-0.05, 0) is 30.7 Å². The second kappa shape index (κ2) is 8.58. The van der Waals surface area contributed by atoms with E-state index in [2.05, 4.69) is 0 Å². The van der Waals surface area contributed by atoms with Crippen molar-refractivity contribution < 1.29 is 33.4 Å². The van der Waals surface area contributed by atoms with Crippen molar-refractivity contribution in [3.63, 3.8) is 0 Å². The maximum absolute atomic E-state index is 13.9. The number of aliphatic carboxylic acids is 2. The third-order valence-electron chi connectivity index (χ3n) is 4.09. The number of carboxylic acid groups (broad SMARTS) is 2. The van der Waals surface area contributed by atoms with Crippen LogP contribution in [0.25, 0.3) is 17.4 Å². The molecule has 1 fully saturated rings. The molecule has 0 aliphatic carbocycles. The summed E-state index contributed by atoms with van der Waals surface area (Å²) >= 11 is 6.01. The van der Waals surface area contributed by atoms with Gasteiger partial charge in [0.05, 0.1) is 10.5 Å². The molecule has 150 valence electrons. The summed E-state index contributed by atoms with van der Waals surface area (Å²) in [6, 6.07) is 7.79. The van der Waals surface area contributed by atoms with Gasteiger partial charge >= 0.3 is 11.9 Å². The molecular formula is C19H14FNO6S2. The zero-order valence-corrected chi connectivity index (χ0v) is 16.3. The van der Waals surface area contributed by atoms with Crippen LogP contribution in [0.5, 0.6) is 0 Å². The average Bonchev–Trinajstić information content (AvgIpc) is 3.22. The zero-order chi connectivity index (χ0) is 21.1. The van der Waals surface area contributed by atoms with E-state index in [1.165, 1.54) is 12.1 Å². The van der Waals surface area contributed by atoms with Crippen molar-refractivity contribution in [2.45, 2.75) is 18.9 Å². The van der Waals surface area contributed by atoms with Crippen molar-refractivity contribution in [2.24, 2.45) is 0 Å². The van der Waals surface area contributed by atoms with Gasteiger partial charge in [-0.3, -0.25) is 14.5 Å². The second-order valence-electron chi connectivity index (χ2n) is 6.02. The molecule has 0 radical (unpaired) electrons. The first-order valence-electron chi connectivity index (χ1n) is 8.34. The Labute approximate surface area is 173 Å². The number of hydrogen-bond donors (Lipinski definition) is 2. The molecule has 1 aromatic heterocycles. The number of nitrogens with zero attached hydrogens (tertiary/aromatic N) is 1. The number of carbonyl (C=O) groups excluding carboxylic acids is 1. The fraction of sp³-hybridized carbons (Fsp3) is 0.158. The van der Waals surface area contributed by atoms with Crippen LogP contribution >= 0.6 is 24.0 Å². The lowest BCUT2D eigenvalue weighted by molar-refractivity contribution is -0.146. The quantitative estimate of drug-likeness (QED) is 0.502. The molecule has 29 heavy (non-hydrogen) atoms. The van der Waals surface area contributed by atoms with Crippen LogP contribution < -0.4 is 0 Å². The first kappa shape index (κ1) is 20.7. The Kier molecular flexibility index (Phi) is 6.14. The summed E-state index contributed by atoms with van der Waals surface area (Å²) in [4.78, 5) is 36.0. The fourth-order valence-electron chi connectivity index (χ4n) is 2.74. The monoisotopic (exact) mass is 435 g/mol. The molecule has 2 N–H and O–H groups in total. The predicted octanol–water partition coefficient (Wildman–Crippen LogP) is 3.60. The molecule has 2 heterocycles. The number of hydrogen-bond acceptors (Lipinski definition) is 6. The maximum atomic E-state index is 13.9. The lowest BCUT2D eigenvalue weighted by atomic mass is 10.1. The third kappa shape index (κ3) is 4.54. The van der Waals surface area contributed by atoms with E-state index in [0.29, 0.717) is 0 Å². The van der Waals surface area contributed by atoms with E-state index in [4.69, 9.17) is 21.7 Å². The number of halogens is 1. The van der Waals surface area contributed by atoms with Gasteiger partial charge in [0.1, 0.15) is 27.7 Å². The molecule has 0 saturated carbocycles. The zero-order valence-electron chi connectivity index (χ0n) is 14.7. The number of benzene rings is 1. The summed E-state index contributed by atoms with van der Waals surface area (Å²) in [6.45, 7) is 0. The summed E-state index contributed by atoms with van der Waals surface area (Å²) in [5.74, 6) is -3.09. The Balaban J connectivity index is 1.84. The van der Waals surface area contributed by atoms with Gasteiger partial charge in [-0.2, -0.15) is 0 Å². The molecular weight excluding hydrogens is 421 g/mol. The van der Waals surface area contributed by atoms with Crippen LogP contribution in [-0.4, -0.2) is 43.3 Å². The minimum atomic E-state index is -1.38. The van der Waals surface area contributed by atoms with E-state index in [1.807, 2.05) is 0 Å². The van der Waals surface area contributed by atoms with Gasteiger partial charge in [0.15, 0.2) is 0 Å². The molecule has 2 aromatic rings. The average molecular weight is 435 g/mol. The van der Waals surface area contributed by atoms with Crippen LogP contribution in [-0.2, 0) is 14.4 Å². The Hall–Kier alpha value is -2.98. The van der Waals surface area contributed by atoms with Gasteiger partial charge in [0.25, 0.3) is 5.91 Å². The number of carboxylic acids is 2. The number of amides is 1. The maximum Gasteiger partial charge on any atom is 0.326 e. The first-order chi connectivity index (χ1) is 13.8. The summed E-state index contributed by atoms with van der Waals surface area (Å²) in [7, 11) is 0. The standard InChI is InChI=1S/C19H14FNO6S2/c20-12-4-2-1-3-11(12)14-7-5-10(27-14)9-15-17(24)21(19(28)29-15)13(18(25)26)6-8-16(22)23/h1-5,7,9,13H,6,8H2,(H,22,23)(H,25,26)/b15-9+. The summed E-state index contributed by atoms with van der Waals surface area (Å²) in [5, 5.41) is 18.2. The van der Waals surface area contributed by atoms with Gasteiger partial charge in [0.2, 0.25) is 0 Å². The minimum Gasteiger partial charge on any atom is -0.481 e. The first-order valence-corrected chi connectivity index (χ1v) is 9.57. The van der Waals surface area contributed by atoms with Crippen molar-refractivity contribution in [3.05, 3.63) is 52.9 Å². The van der Waals surface area contributed by atoms with Gasteiger partial charge in [-0.1, -0.05) is 36.1 Å². The van der Waals surface area contributed by atoms with Gasteiger partial charge in [-0.15, -0.1) is 0 Å². The summed E-state index contributed by atoms with van der Waals surface area (Å²) in [6.07, 6.45) is 0.694. The SMILES string of the molecule is O=C(O)CCC(C(=O)O)N1C(=O)/C(=C\c2ccc(-c3ccccc3F)o2)SC1=S. The van der Waals surface area contributed by atoms with Crippen LogP contribution in [0.3, 0.4) is 0 Å². The highest BCUT2D eigenvalue weighted by atomic mass is 32.2. The van der Waals surface area contributed by atoms with E-state index in [-0.39, 0.29) is 32.7 Å². The van der Waals surface area contributed by atoms with Crippen molar-refractivity contribution in [3.8, 4) is 11.3 Å². The molecule has 1 aliphatic heterocycles. The number of rotatable bonds is 7. The highest BCUT2D eigenvalue weighted by Crippen LogP contribution is 2.36. The molecule has 0 bridgehead atoms. The molecule has 0 spiro atoms. The normalized spacial score (nSPS) is 16.4. The molecule has 1 aliphatic rings. The Morgan fingerprint density at radius 1 is 1.24 bits per heavy atom. The van der Waals surface area contributed by atoms with Crippen LogP contribution in [0.15, 0.2) is 45.7 Å². The number of thioether (sulfide) groups is 1. The van der Waals surface area contributed by atoms with Gasteiger partial charge in [-0.25, -0.2) is 9.18 Å². The number of thiocarbonyl (C=S) groups is 1. The van der Waals surface area contributed by atoms with Crippen molar-refractivity contribution >= 4 is 52.2 Å². The molecule has 1 amide bonds. The minimum absolute atomic E-state index is 0.0138.